The molecule has 0 saturated heterocycles. The number of nitrogens with one attached hydrogen (secondary N) is 1. The van der Waals surface area contributed by atoms with Crippen LogP contribution in [0.5, 0.6) is 0 Å². The van der Waals surface area contributed by atoms with E-state index in [0.717, 1.165) is 3.97 Å². The molecule has 0 aliphatic rings. The number of hydrogen-bond donors (Lipinski definition) is 1. The van der Waals surface area contributed by atoms with Gasteiger partial charge < -0.3 is 5.32 Å². The van der Waals surface area contributed by atoms with E-state index in [9.17, 15) is 18.0 Å². The second-order valence-corrected chi connectivity index (χ2v) is 8.83. The van der Waals surface area contributed by atoms with Gasteiger partial charge >= 0.3 is 5.69 Å². The molecule has 0 radical (unpaired) electrons. The van der Waals surface area contributed by atoms with Gasteiger partial charge in [0.2, 0.25) is 5.91 Å². The molecule has 0 aliphatic heterocycles. The third kappa shape index (κ3) is 3.60. The number of para-hydroxylation sites is 2. The van der Waals surface area contributed by atoms with E-state index in [1.807, 2.05) is 20.8 Å². The van der Waals surface area contributed by atoms with Crippen molar-refractivity contribution in [3.63, 3.8) is 0 Å². The van der Waals surface area contributed by atoms with Crippen molar-refractivity contribution in [2.45, 2.75) is 38.3 Å². The number of fused-ring (bicyclic) bond motifs is 1. The van der Waals surface area contributed by atoms with Gasteiger partial charge in [0, 0.05) is 6.04 Å². The molecule has 7 nitrogen and oxygen atoms in total. The number of hydrogen-bond acceptors (Lipinski definition) is 4. The summed E-state index contributed by atoms with van der Waals surface area (Å²) in [5, 5.41) is 2.84. The molecule has 1 heterocycles. The van der Waals surface area contributed by atoms with Crippen molar-refractivity contribution >= 4 is 27.0 Å². The molecule has 1 unspecified atom stereocenters. The van der Waals surface area contributed by atoms with Crippen LogP contribution in [0.3, 0.4) is 0 Å². The maximum atomic E-state index is 13.1. The maximum Gasteiger partial charge on any atom is 0.343 e. The standard InChI is InChI=1S/C20H23N3O4S/c1-14(2)15(3)21-19(24)13-22-17-11-7-8-12-18(17)23(20(22)25)28(26,27)16-9-5-4-6-10-16/h4-12,14-15H,13H2,1-3H3,(H,21,24). The van der Waals surface area contributed by atoms with Gasteiger partial charge in [0.05, 0.1) is 15.9 Å². The largest absolute Gasteiger partial charge is 0.352 e. The Kier molecular flexibility index (Phi) is 5.42. The third-order valence-electron chi connectivity index (χ3n) is 4.77. The molecule has 3 aromatic rings. The van der Waals surface area contributed by atoms with Gasteiger partial charge in [-0.1, -0.05) is 44.2 Å². The Morgan fingerprint density at radius 2 is 1.54 bits per heavy atom. The zero-order valence-electron chi connectivity index (χ0n) is 16.0. The smallest absolute Gasteiger partial charge is 0.343 e. The lowest BCUT2D eigenvalue weighted by Gasteiger charge is -2.17. The average Bonchev–Trinajstić information content (AvgIpc) is 2.94. The van der Waals surface area contributed by atoms with E-state index in [1.54, 1.807) is 42.5 Å². The van der Waals surface area contributed by atoms with Crippen LogP contribution in [0.4, 0.5) is 0 Å². The minimum Gasteiger partial charge on any atom is -0.352 e. The molecule has 148 valence electrons. The van der Waals surface area contributed by atoms with Gasteiger partial charge in [0.25, 0.3) is 10.0 Å². The van der Waals surface area contributed by atoms with E-state index in [1.165, 1.54) is 16.7 Å². The van der Waals surface area contributed by atoms with Gasteiger partial charge in [0.1, 0.15) is 6.54 Å². The number of nitrogens with zero attached hydrogens (tertiary/aromatic N) is 2. The summed E-state index contributed by atoms with van der Waals surface area (Å²) in [6.07, 6.45) is 0. The summed E-state index contributed by atoms with van der Waals surface area (Å²) < 4.78 is 28.1. The van der Waals surface area contributed by atoms with Crippen LogP contribution in [0.2, 0.25) is 0 Å². The molecule has 1 aromatic heterocycles. The fourth-order valence-corrected chi connectivity index (χ4v) is 4.30. The predicted molar refractivity (Wildman–Crippen MR) is 108 cm³/mol. The summed E-state index contributed by atoms with van der Waals surface area (Å²) >= 11 is 0. The number of carbonyl (C=O) groups excluding carboxylic acids is 1. The maximum absolute atomic E-state index is 13.1. The number of aromatic nitrogens is 2. The highest BCUT2D eigenvalue weighted by Gasteiger charge is 2.26. The number of benzene rings is 2. The van der Waals surface area contributed by atoms with E-state index in [0.29, 0.717) is 5.52 Å². The van der Waals surface area contributed by atoms with Crippen molar-refractivity contribution in [2.75, 3.05) is 0 Å². The molecule has 0 bridgehead atoms. The van der Waals surface area contributed by atoms with Crippen LogP contribution < -0.4 is 11.0 Å². The molecule has 3 rings (SSSR count). The van der Waals surface area contributed by atoms with Crippen LogP contribution >= 0.6 is 0 Å². The first kappa shape index (κ1) is 19.9. The van der Waals surface area contributed by atoms with Crippen LogP contribution in [-0.4, -0.2) is 28.9 Å². The lowest BCUT2D eigenvalue weighted by Crippen LogP contribution is -2.40. The SMILES string of the molecule is CC(C)C(C)NC(=O)Cn1c(=O)n(S(=O)(=O)c2ccccc2)c2ccccc21. The minimum atomic E-state index is -4.10. The van der Waals surface area contributed by atoms with Crippen LogP contribution in [0, 0.1) is 5.92 Å². The molecule has 0 saturated carbocycles. The molecular formula is C20H23N3O4S. The zero-order valence-corrected chi connectivity index (χ0v) is 16.8. The third-order valence-corrected chi connectivity index (χ3v) is 6.47. The first-order valence-corrected chi connectivity index (χ1v) is 10.5. The van der Waals surface area contributed by atoms with Crippen molar-refractivity contribution in [3.8, 4) is 0 Å². The Labute approximate surface area is 163 Å². The van der Waals surface area contributed by atoms with Crippen LogP contribution in [0.25, 0.3) is 11.0 Å². The van der Waals surface area contributed by atoms with E-state index in [2.05, 4.69) is 5.32 Å². The van der Waals surface area contributed by atoms with Gasteiger partial charge in [-0.05, 0) is 37.1 Å². The van der Waals surface area contributed by atoms with E-state index in [4.69, 9.17) is 0 Å². The molecule has 0 spiro atoms. The highest BCUT2D eigenvalue weighted by atomic mass is 32.2. The number of imidazole rings is 1. The Hall–Kier alpha value is -2.87. The normalized spacial score (nSPS) is 13.0. The summed E-state index contributed by atoms with van der Waals surface area (Å²) in [5.74, 6) is -0.108. The number of carbonyl (C=O) groups is 1. The Balaban J connectivity index is 2.11. The van der Waals surface area contributed by atoms with Crippen LogP contribution in [-0.2, 0) is 21.4 Å². The van der Waals surface area contributed by atoms with Crippen LogP contribution in [0.1, 0.15) is 20.8 Å². The molecule has 1 N–H and O–H groups in total. The second kappa shape index (κ2) is 7.63. The van der Waals surface area contributed by atoms with Gasteiger partial charge in [-0.3, -0.25) is 9.36 Å². The molecule has 1 atom stereocenters. The molecule has 8 heteroatoms. The Bertz CT molecular complexity index is 1160. The molecule has 1 amide bonds. The Morgan fingerprint density at radius 1 is 0.964 bits per heavy atom. The van der Waals surface area contributed by atoms with E-state index in [-0.39, 0.29) is 34.8 Å². The predicted octanol–water partition coefficient (Wildman–Crippen LogP) is 2.20. The fraction of sp³-hybridized carbons (Fsp3) is 0.300. The first-order chi connectivity index (χ1) is 13.2. The van der Waals surface area contributed by atoms with Gasteiger partial charge in [0.15, 0.2) is 0 Å². The number of amides is 1. The topological polar surface area (TPSA) is 90.2 Å². The summed E-state index contributed by atoms with van der Waals surface area (Å²) in [7, 11) is -4.10. The van der Waals surface area contributed by atoms with Crippen molar-refractivity contribution < 1.29 is 13.2 Å². The molecule has 28 heavy (non-hydrogen) atoms. The molecule has 0 fully saturated rings. The van der Waals surface area contributed by atoms with Gasteiger partial charge in [-0.15, -0.1) is 0 Å². The monoisotopic (exact) mass is 401 g/mol. The van der Waals surface area contributed by atoms with E-state index >= 15 is 0 Å². The summed E-state index contributed by atoms with van der Waals surface area (Å²) in [6, 6.07) is 14.2. The lowest BCUT2D eigenvalue weighted by atomic mass is 10.1. The fourth-order valence-electron chi connectivity index (χ4n) is 2.87. The number of rotatable bonds is 6. The molecule has 2 aromatic carbocycles. The highest BCUT2D eigenvalue weighted by molar-refractivity contribution is 7.90. The average molecular weight is 401 g/mol. The minimum absolute atomic E-state index is 0.0119. The van der Waals surface area contributed by atoms with Crippen molar-refractivity contribution in [3.05, 3.63) is 65.1 Å². The van der Waals surface area contributed by atoms with E-state index < -0.39 is 15.7 Å². The summed E-state index contributed by atoms with van der Waals surface area (Å²) in [5.41, 5.74) is -0.141. The quantitative estimate of drug-likeness (QED) is 0.686. The van der Waals surface area contributed by atoms with Crippen molar-refractivity contribution in [1.82, 2.24) is 13.9 Å². The molecular weight excluding hydrogens is 378 g/mol. The highest BCUT2D eigenvalue weighted by Crippen LogP contribution is 2.19. The van der Waals surface area contributed by atoms with Crippen LogP contribution in [0.15, 0.2) is 64.3 Å². The summed E-state index contributed by atoms with van der Waals surface area (Å²) in [4.78, 5) is 25.5. The van der Waals surface area contributed by atoms with Crippen molar-refractivity contribution in [2.24, 2.45) is 5.92 Å². The first-order valence-electron chi connectivity index (χ1n) is 9.03. The summed E-state index contributed by atoms with van der Waals surface area (Å²) in [6.45, 7) is 5.59. The molecule has 0 aliphatic carbocycles. The lowest BCUT2D eigenvalue weighted by molar-refractivity contribution is -0.122. The Morgan fingerprint density at radius 3 is 2.14 bits per heavy atom. The van der Waals surface area contributed by atoms with Gasteiger partial charge in [-0.25, -0.2) is 13.2 Å². The van der Waals surface area contributed by atoms with Gasteiger partial charge in [-0.2, -0.15) is 3.97 Å². The van der Waals surface area contributed by atoms with Crippen molar-refractivity contribution in [1.29, 1.82) is 0 Å². The second-order valence-electron chi connectivity index (χ2n) is 7.04. The zero-order chi connectivity index (χ0) is 20.5.